The Labute approximate surface area is 155 Å². The van der Waals surface area contributed by atoms with E-state index >= 15 is 0 Å². The molecular formula is C15H29IN6O. The summed E-state index contributed by atoms with van der Waals surface area (Å²) in [6, 6.07) is 0. The average molecular weight is 436 g/mol. The fourth-order valence-corrected chi connectivity index (χ4v) is 2.00. The molecular weight excluding hydrogens is 407 g/mol. The summed E-state index contributed by atoms with van der Waals surface area (Å²) in [5, 5.41) is 15.0. The SMILES string of the molecule is CCOCCCNC(=NCc1nnc(C)n1C)NCC1CC1.I. The van der Waals surface area contributed by atoms with E-state index in [2.05, 4.69) is 25.8 Å². The van der Waals surface area contributed by atoms with Crippen LogP contribution in [0.2, 0.25) is 0 Å². The van der Waals surface area contributed by atoms with Gasteiger partial charge in [0.05, 0.1) is 0 Å². The maximum atomic E-state index is 5.35. The first-order valence-electron chi connectivity index (χ1n) is 8.15. The molecule has 0 spiro atoms. The maximum absolute atomic E-state index is 5.35. The zero-order chi connectivity index (χ0) is 15.8. The molecule has 1 saturated carbocycles. The number of guanidine groups is 1. The van der Waals surface area contributed by atoms with E-state index in [1.165, 1.54) is 12.8 Å². The zero-order valence-electron chi connectivity index (χ0n) is 14.3. The molecule has 0 aromatic carbocycles. The van der Waals surface area contributed by atoms with Crippen LogP contribution in [0.25, 0.3) is 0 Å². The van der Waals surface area contributed by atoms with Gasteiger partial charge in [-0.1, -0.05) is 0 Å². The predicted octanol–water partition coefficient (Wildman–Crippen LogP) is 1.61. The lowest BCUT2D eigenvalue weighted by Gasteiger charge is -2.12. The van der Waals surface area contributed by atoms with E-state index in [9.17, 15) is 0 Å². The van der Waals surface area contributed by atoms with Crippen LogP contribution in [0.4, 0.5) is 0 Å². The summed E-state index contributed by atoms with van der Waals surface area (Å²) in [5.41, 5.74) is 0. The Bertz CT molecular complexity index is 486. The van der Waals surface area contributed by atoms with Crippen LogP contribution in [0.1, 0.15) is 37.8 Å². The van der Waals surface area contributed by atoms with Crippen LogP contribution in [0.5, 0.6) is 0 Å². The Hall–Kier alpha value is -0.900. The number of aliphatic imine (C=N–C) groups is 1. The van der Waals surface area contributed by atoms with E-state index in [1.807, 2.05) is 25.5 Å². The minimum absolute atomic E-state index is 0. The van der Waals surface area contributed by atoms with Gasteiger partial charge in [-0.05, 0) is 39.0 Å². The first-order valence-corrected chi connectivity index (χ1v) is 8.15. The third kappa shape index (κ3) is 7.47. The number of hydrogen-bond acceptors (Lipinski definition) is 4. The van der Waals surface area contributed by atoms with E-state index in [4.69, 9.17) is 4.74 Å². The third-order valence-corrected chi connectivity index (χ3v) is 3.78. The van der Waals surface area contributed by atoms with Crippen LogP contribution in [-0.2, 0) is 18.3 Å². The molecule has 0 atom stereocenters. The number of aromatic nitrogens is 3. The molecule has 1 aliphatic carbocycles. The molecule has 23 heavy (non-hydrogen) atoms. The highest BCUT2D eigenvalue weighted by Gasteiger charge is 2.21. The smallest absolute Gasteiger partial charge is 0.191 e. The van der Waals surface area contributed by atoms with Gasteiger partial charge in [-0.2, -0.15) is 0 Å². The van der Waals surface area contributed by atoms with Gasteiger partial charge in [-0.15, -0.1) is 34.2 Å². The molecule has 132 valence electrons. The standard InChI is InChI=1S/C15H28N6O.HI/c1-4-22-9-5-8-16-15(17-10-13-6-7-13)18-11-14-20-19-12(2)21(14)3;/h13H,4-11H2,1-3H3,(H2,16,17,18);1H. The summed E-state index contributed by atoms with van der Waals surface area (Å²) in [4.78, 5) is 4.62. The molecule has 2 N–H and O–H groups in total. The van der Waals surface area contributed by atoms with Crippen molar-refractivity contribution in [2.75, 3.05) is 26.3 Å². The fraction of sp³-hybridized carbons (Fsp3) is 0.800. The summed E-state index contributed by atoms with van der Waals surface area (Å²) in [6.45, 7) is 7.89. The summed E-state index contributed by atoms with van der Waals surface area (Å²) < 4.78 is 7.32. The van der Waals surface area contributed by atoms with E-state index in [1.54, 1.807) is 0 Å². The number of nitrogens with zero attached hydrogens (tertiary/aromatic N) is 4. The van der Waals surface area contributed by atoms with E-state index in [0.29, 0.717) is 6.54 Å². The maximum Gasteiger partial charge on any atom is 0.191 e. The lowest BCUT2D eigenvalue weighted by Crippen LogP contribution is -2.39. The van der Waals surface area contributed by atoms with Crippen molar-refractivity contribution in [3.63, 3.8) is 0 Å². The molecule has 1 aromatic heterocycles. The van der Waals surface area contributed by atoms with Crippen molar-refractivity contribution in [2.45, 2.75) is 39.7 Å². The molecule has 8 heteroatoms. The van der Waals surface area contributed by atoms with E-state index in [0.717, 1.165) is 56.3 Å². The van der Waals surface area contributed by atoms with Gasteiger partial charge in [0.15, 0.2) is 11.8 Å². The average Bonchev–Trinajstić information content (AvgIpc) is 3.29. The Morgan fingerprint density at radius 2 is 2.13 bits per heavy atom. The monoisotopic (exact) mass is 436 g/mol. The summed E-state index contributed by atoms with van der Waals surface area (Å²) >= 11 is 0. The highest BCUT2D eigenvalue weighted by atomic mass is 127. The van der Waals surface area contributed by atoms with Crippen LogP contribution in [-0.4, -0.2) is 47.0 Å². The van der Waals surface area contributed by atoms with Crippen LogP contribution < -0.4 is 10.6 Å². The van der Waals surface area contributed by atoms with Gasteiger partial charge in [0.25, 0.3) is 0 Å². The minimum atomic E-state index is 0. The molecule has 0 amide bonds. The van der Waals surface area contributed by atoms with Crippen LogP contribution in [0.3, 0.4) is 0 Å². The molecule has 1 heterocycles. The second kappa shape index (κ2) is 10.8. The molecule has 7 nitrogen and oxygen atoms in total. The van der Waals surface area contributed by atoms with Gasteiger partial charge in [-0.25, -0.2) is 4.99 Å². The molecule has 0 unspecified atom stereocenters. The second-order valence-corrected chi connectivity index (χ2v) is 5.69. The molecule has 0 radical (unpaired) electrons. The lowest BCUT2D eigenvalue weighted by molar-refractivity contribution is 0.145. The summed E-state index contributed by atoms with van der Waals surface area (Å²) in [6.07, 6.45) is 3.63. The van der Waals surface area contributed by atoms with Gasteiger partial charge in [0.1, 0.15) is 12.4 Å². The van der Waals surface area contributed by atoms with Gasteiger partial charge in [0, 0.05) is 33.4 Å². The minimum Gasteiger partial charge on any atom is -0.382 e. The van der Waals surface area contributed by atoms with E-state index < -0.39 is 0 Å². The van der Waals surface area contributed by atoms with Crippen LogP contribution >= 0.6 is 24.0 Å². The van der Waals surface area contributed by atoms with Crippen molar-refractivity contribution in [3.05, 3.63) is 11.6 Å². The van der Waals surface area contributed by atoms with Crippen molar-refractivity contribution >= 4 is 29.9 Å². The van der Waals surface area contributed by atoms with Gasteiger partial charge in [0.2, 0.25) is 0 Å². The number of hydrogen-bond donors (Lipinski definition) is 2. The van der Waals surface area contributed by atoms with Crippen molar-refractivity contribution in [1.82, 2.24) is 25.4 Å². The highest BCUT2D eigenvalue weighted by molar-refractivity contribution is 14.0. The Morgan fingerprint density at radius 1 is 1.35 bits per heavy atom. The molecule has 1 aliphatic rings. The molecule has 0 saturated heterocycles. The largest absolute Gasteiger partial charge is 0.382 e. The number of nitrogens with one attached hydrogen (secondary N) is 2. The van der Waals surface area contributed by atoms with Crippen LogP contribution in [0, 0.1) is 12.8 Å². The zero-order valence-corrected chi connectivity index (χ0v) is 16.7. The first-order chi connectivity index (χ1) is 10.7. The molecule has 2 rings (SSSR count). The Balaban J connectivity index is 0.00000264. The lowest BCUT2D eigenvalue weighted by atomic mass is 10.4. The normalized spacial score (nSPS) is 14.5. The Morgan fingerprint density at radius 3 is 2.74 bits per heavy atom. The van der Waals surface area contributed by atoms with Crippen molar-refractivity contribution in [2.24, 2.45) is 18.0 Å². The molecule has 1 aromatic rings. The summed E-state index contributed by atoms with van der Waals surface area (Å²) in [7, 11) is 1.97. The topological polar surface area (TPSA) is 76.4 Å². The molecule has 0 aliphatic heterocycles. The number of aryl methyl sites for hydroxylation is 1. The van der Waals surface area contributed by atoms with Crippen molar-refractivity contribution < 1.29 is 4.74 Å². The first kappa shape index (κ1) is 20.1. The molecule has 1 fully saturated rings. The van der Waals surface area contributed by atoms with Gasteiger partial charge < -0.3 is 19.9 Å². The predicted molar refractivity (Wildman–Crippen MR) is 102 cm³/mol. The van der Waals surface area contributed by atoms with Crippen molar-refractivity contribution in [3.8, 4) is 0 Å². The fourth-order valence-electron chi connectivity index (χ4n) is 2.00. The van der Waals surface area contributed by atoms with E-state index in [-0.39, 0.29) is 24.0 Å². The number of ether oxygens (including phenoxy) is 1. The number of rotatable bonds is 9. The van der Waals surface area contributed by atoms with Crippen LogP contribution in [0.15, 0.2) is 4.99 Å². The Kier molecular flexibility index (Phi) is 9.46. The quantitative estimate of drug-likeness (QED) is 0.266. The van der Waals surface area contributed by atoms with Gasteiger partial charge >= 0.3 is 0 Å². The van der Waals surface area contributed by atoms with Gasteiger partial charge in [-0.3, -0.25) is 0 Å². The molecule has 0 bridgehead atoms. The second-order valence-electron chi connectivity index (χ2n) is 5.69. The third-order valence-electron chi connectivity index (χ3n) is 3.78. The summed E-state index contributed by atoms with van der Waals surface area (Å²) in [5.74, 6) is 3.44. The highest BCUT2D eigenvalue weighted by Crippen LogP contribution is 2.27. The van der Waals surface area contributed by atoms with Crippen molar-refractivity contribution in [1.29, 1.82) is 0 Å². The number of halogens is 1.